The number of aliphatic hydroxyl groups is 1. The topological polar surface area (TPSA) is 47.5 Å². The highest BCUT2D eigenvalue weighted by Crippen LogP contribution is 1.90. The Kier molecular flexibility index (Phi) is 3.55. The lowest BCUT2D eigenvalue weighted by molar-refractivity contribution is 0.207. The Labute approximate surface area is 71.6 Å². The van der Waals surface area contributed by atoms with Crippen LogP contribution in [0.1, 0.15) is 6.42 Å². The molecule has 5 heteroatoms. The highest BCUT2D eigenvalue weighted by molar-refractivity contribution is 7.80. The summed E-state index contributed by atoms with van der Waals surface area (Å²) < 4.78 is 0. The van der Waals surface area contributed by atoms with Crippen molar-refractivity contribution in [1.82, 2.24) is 15.5 Å². The maximum Gasteiger partial charge on any atom is 0.168 e. The molecule has 1 saturated heterocycles. The second kappa shape index (κ2) is 4.48. The van der Waals surface area contributed by atoms with Crippen LogP contribution < -0.4 is 10.6 Å². The predicted molar refractivity (Wildman–Crippen MR) is 47.0 cm³/mol. The average Bonchev–Trinajstić information content (AvgIpc) is 2.04. The van der Waals surface area contributed by atoms with E-state index >= 15 is 0 Å². The van der Waals surface area contributed by atoms with E-state index in [1.165, 1.54) is 0 Å². The van der Waals surface area contributed by atoms with Crippen LogP contribution in [0.5, 0.6) is 0 Å². The fourth-order valence-electron chi connectivity index (χ4n) is 0.938. The normalized spacial score (nSPS) is 19.2. The summed E-state index contributed by atoms with van der Waals surface area (Å²) in [4.78, 5) is 2.14. The first-order chi connectivity index (χ1) is 5.33. The van der Waals surface area contributed by atoms with Gasteiger partial charge in [0.15, 0.2) is 5.11 Å². The zero-order valence-electron chi connectivity index (χ0n) is 6.34. The molecule has 0 radical (unpaired) electrons. The SMILES string of the molecule is OCCCN1CNC(=S)NC1. The lowest BCUT2D eigenvalue weighted by Crippen LogP contribution is -2.53. The maximum atomic E-state index is 8.56. The summed E-state index contributed by atoms with van der Waals surface area (Å²) >= 11 is 4.87. The molecule has 0 aromatic heterocycles. The fourth-order valence-corrected chi connectivity index (χ4v) is 1.07. The van der Waals surface area contributed by atoms with Gasteiger partial charge in [-0.3, -0.25) is 4.90 Å². The minimum Gasteiger partial charge on any atom is -0.396 e. The number of rotatable bonds is 3. The number of aliphatic hydroxyl groups excluding tert-OH is 1. The zero-order chi connectivity index (χ0) is 8.10. The molecule has 0 amide bonds. The van der Waals surface area contributed by atoms with Crippen molar-refractivity contribution < 1.29 is 5.11 Å². The molecule has 0 spiro atoms. The first-order valence-corrected chi connectivity index (χ1v) is 4.08. The van der Waals surface area contributed by atoms with Gasteiger partial charge in [-0.15, -0.1) is 0 Å². The second-order valence-corrected chi connectivity index (χ2v) is 2.88. The van der Waals surface area contributed by atoms with Crippen molar-refractivity contribution in [3.63, 3.8) is 0 Å². The van der Waals surface area contributed by atoms with E-state index in [0.717, 1.165) is 26.3 Å². The summed E-state index contributed by atoms with van der Waals surface area (Å²) in [7, 11) is 0. The van der Waals surface area contributed by atoms with Crippen molar-refractivity contribution in [3.05, 3.63) is 0 Å². The van der Waals surface area contributed by atoms with Gasteiger partial charge in [-0.25, -0.2) is 0 Å². The van der Waals surface area contributed by atoms with Crippen LogP contribution in [0.2, 0.25) is 0 Å². The van der Waals surface area contributed by atoms with Crippen LogP contribution in [0, 0.1) is 0 Å². The smallest absolute Gasteiger partial charge is 0.168 e. The Balaban J connectivity index is 2.12. The molecule has 0 unspecified atom stereocenters. The summed E-state index contributed by atoms with van der Waals surface area (Å²) in [5, 5.41) is 15.3. The molecule has 11 heavy (non-hydrogen) atoms. The molecule has 0 saturated carbocycles. The van der Waals surface area contributed by atoms with Gasteiger partial charge in [-0.1, -0.05) is 0 Å². The van der Waals surface area contributed by atoms with E-state index in [9.17, 15) is 0 Å². The number of hydrogen-bond acceptors (Lipinski definition) is 3. The van der Waals surface area contributed by atoms with Gasteiger partial charge < -0.3 is 15.7 Å². The van der Waals surface area contributed by atoms with Crippen LogP contribution in [0.3, 0.4) is 0 Å². The molecule has 3 N–H and O–H groups in total. The maximum absolute atomic E-state index is 8.56. The Morgan fingerprint density at radius 2 is 2.09 bits per heavy atom. The Bertz CT molecular complexity index is 132. The standard InChI is InChI=1S/C6H13N3OS/c10-3-1-2-9-4-7-6(11)8-5-9/h10H,1-5H2,(H2,7,8,11). The van der Waals surface area contributed by atoms with Crippen LogP contribution in [0.25, 0.3) is 0 Å². The van der Waals surface area contributed by atoms with Crippen LogP contribution in [-0.2, 0) is 0 Å². The molecular formula is C6H13N3OS. The Morgan fingerprint density at radius 3 is 2.64 bits per heavy atom. The summed E-state index contributed by atoms with van der Waals surface area (Å²) in [6.07, 6.45) is 0.816. The molecular weight excluding hydrogens is 162 g/mol. The van der Waals surface area contributed by atoms with E-state index in [2.05, 4.69) is 15.5 Å². The monoisotopic (exact) mass is 175 g/mol. The van der Waals surface area contributed by atoms with E-state index in [1.807, 2.05) is 0 Å². The molecule has 1 heterocycles. The molecule has 1 aliphatic heterocycles. The second-order valence-electron chi connectivity index (χ2n) is 2.47. The highest BCUT2D eigenvalue weighted by Gasteiger charge is 2.09. The molecule has 4 nitrogen and oxygen atoms in total. The molecule has 1 fully saturated rings. The zero-order valence-corrected chi connectivity index (χ0v) is 7.15. The third-order valence-electron chi connectivity index (χ3n) is 1.56. The quantitative estimate of drug-likeness (QED) is 0.483. The third kappa shape index (κ3) is 3.00. The summed E-state index contributed by atoms with van der Waals surface area (Å²) in [5.41, 5.74) is 0. The van der Waals surface area contributed by atoms with Crippen LogP contribution in [0.4, 0.5) is 0 Å². The van der Waals surface area contributed by atoms with Gasteiger partial charge in [0.2, 0.25) is 0 Å². The minimum atomic E-state index is 0.251. The molecule has 1 rings (SSSR count). The summed E-state index contributed by atoms with van der Waals surface area (Å²) in [6.45, 7) is 2.72. The number of nitrogens with one attached hydrogen (secondary N) is 2. The van der Waals surface area contributed by atoms with Gasteiger partial charge in [-0.2, -0.15) is 0 Å². The molecule has 0 atom stereocenters. The lowest BCUT2D eigenvalue weighted by Gasteiger charge is -2.29. The van der Waals surface area contributed by atoms with Crippen LogP contribution in [0.15, 0.2) is 0 Å². The number of nitrogens with zero attached hydrogens (tertiary/aromatic N) is 1. The third-order valence-corrected chi connectivity index (χ3v) is 1.85. The van der Waals surface area contributed by atoms with Crippen molar-refractivity contribution in [2.24, 2.45) is 0 Å². The van der Waals surface area contributed by atoms with E-state index in [1.54, 1.807) is 0 Å². The molecule has 0 aliphatic carbocycles. The van der Waals surface area contributed by atoms with E-state index in [0.29, 0.717) is 5.11 Å². The van der Waals surface area contributed by atoms with Gasteiger partial charge in [-0.05, 0) is 18.6 Å². The average molecular weight is 175 g/mol. The van der Waals surface area contributed by atoms with Gasteiger partial charge in [0.05, 0.1) is 13.3 Å². The molecule has 0 bridgehead atoms. The first-order valence-electron chi connectivity index (χ1n) is 3.68. The Morgan fingerprint density at radius 1 is 1.45 bits per heavy atom. The fraction of sp³-hybridized carbons (Fsp3) is 0.833. The predicted octanol–water partition coefficient (Wildman–Crippen LogP) is -0.936. The van der Waals surface area contributed by atoms with Gasteiger partial charge in [0.1, 0.15) is 0 Å². The van der Waals surface area contributed by atoms with Gasteiger partial charge in [0.25, 0.3) is 0 Å². The largest absolute Gasteiger partial charge is 0.396 e. The van der Waals surface area contributed by atoms with Crippen molar-refractivity contribution in [1.29, 1.82) is 0 Å². The summed E-state index contributed by atoms with van der Waals surface area (Å²) in [6, 6.07) is 0. The van der Waals surface area contributed by atoms with Crippen molar-refractivity contribution in [2.75, 3.05) is 26.5 Å². The van der Waals surface area contributed by atoms with Gasteiger partial charge >= 0.3 is 0 Å². The number of thiocarbonyl (C=S) groups is 1. The van der Waals surface area contributed by atoms with E-state index in [4.69, 9.17) is 17.3 Å². The lowest BCUT2D eigenvalue weighted by atomic mass is 10.4. The highest BCUT2D eigenvalue weighted by atomic mass is 32.1. The molecule has 64 valence electrons. The first kappa shape index (κ1) is 8.70. The van der Waals surface area contributed by atoms with E-state index in [-0.39, 0.29) is 6.61 Å². The van der Waals surface area contributed by atoms with Crippen LogP contribution >= 0.6 is 12.2 Å². The summed E-state index contributed by atoms with van der Waals surface area (Å²) in [5.74, 6) is 0. The molecule has 1 aliphatic rings. The number of hydrogen-bond donors (Lipinski definition) is 3. The van der Waals surface area contributed by atoms with Crippen LogP contribution in [-0.4, -0.2) is 41.6 Å². The molecule has 0 aromatic rings. The van der Waals surface area contributed by atoms with Crippen molar-refractivity contribution >= 4 is 17.3 Å². The molecule has 0 aromatic carbocycles. The Hall–Kier alpha value is -0.390. The van der Waals surface area contributed by atoms with E-state index < -0.39 is 0 Å². The van der Waals surface area contributed by atoms with Gasteiger partial charge in [0, 0.05) is 13.2 Å². The van der Waals surface area contributed by atoms with Crippen molar-refractivity contribution in [3.8, 4) is 0 Å². The van der Waals surface area contributed by atoms with Crippen molar-refractivity contribution in [2.45, 2.75) is 6.42 Å². The minimum absolute atomic E-state index is 0.251.